The van der Waals surface area contributed by atoms with Gasteiger partial charge in [-0.3, -0.25) is 4.79 Å². The van der Waals surface area contributed by atoms with Gasteiger partial charge in [0.1, 0.15) is 5.75 Å². The van der Waals surface area contributed by atoms with Crippen molar-refractivity contribution in [3.05, 3.63) is 53.6 Å². The number of carbonyl (C=O) groups excluding carboxylic acids is 1. The molecule has 0 bridgehead atoms. The summed E-state index contributed by atoms with van der Waals surface area (Å²) in [6, 6.07) is 13.0. The molecule has 2 N–H and O–H groups in total. The van der Waals surface area contributed by atoms with Crippen molar-refractivity contribution in [1.29, 1.82) is 0 Å². The molecule has 0 heterocycles. The van der Waals surface area contributed by atoms with Gasteiger partial charge in [-0.1, -0.05) is 19.1 Å². The molecule has 0 spiro atoms. The lowest BCUT2D eigenvalue weighted by Gasteiger charge is -2.22. The van der Waals surface area contributed by atoms with E-state index in [9.17, 15) is 9.90 Å². The quantitative estimate of drug-likeness (QED) is 0.729. The number of hydrogen-bond donors (Lipinski definition) is 2. The minimum absolute atomic E-state index is 0.0285. The fourth-order valence-corrected chi connectivity index (χ4v) is 3.40. The summed E-state index contributed by atoms with van der Waals surface area (Å²) in [5.41, 5.74) is 3.23. The zero-order valence-electron chi connectivity index (χ0n) is 17.0. The smallest absolute Gasteiger partial charge is 0.253 e. The standard InChI is InChI=1S/C22H31N3O2/c1-6-25(7-2)22(27)17-10-8-11-18(14-17)23-19-12-9-13-20(26)21(19)16(3)15-24(4)5/h8-14,16,23,26H,6-7,15H2,1-5H3. The van der Waals surface area contributed by atoms with E-state index in [4.69, 9.17) is 0 Å². The third-order valence-corrected chi connectivity index (χ3v) is 4.65. The average Bonchev–Trinajstić information content (AvgIpc) is 2.62. The Labute approximate surface area is 162 Å². The zero-order valence-corrected chi connectivity index (χ0v) is 17.0. The van der Waals surface area contributed by atoms with Crippen molar-refractivity contribution < 1.29 is 9.90 Å². The topological polar surface area (TPSA) is 55.8 Å². The highest BCUT2D eigenvalue weighted by Crippen LogP contribution is 2.35. The monoisotopic (exact) mass is 369 g/mol. The Balaban J connectivity index is 2.31. The minimum atomic E-state index is 0.0285. The number of nitrogens with one attached hydrogen (secondary N) is 1. The van der Waals surface area contributed by atoms with Crippen molar-refractivity contribution in [2.24, 2.45) is 0 Å². The van der Waals surface area contributed by atoms with Crippen LogP contribution >= 0.6 is 0 Å². The number of carbonyl (C=O) groups is 1. The van der Waals surface area contributed by atoms with Crippen LogP contribution in [0.5, 0.6) is 5.75 Å². The van der Waals surface area contributed by atoms with E-state index >= 15 is 0 Å². The molecular weight excluding hydrogens is 338 g/mol. The van der Waals surface area contributed by atoms with Crippen molar-refractivity contribution >= 4 is 17.3 Å². The van der Waals surface area contributed by atoms with Gasteiger partial charge >= 0.3 is 0 Å². The lowest BCUT2D eigenvalue weighted by molar-refractivity contribution is 0.0773. The molecular formula is C22H31N3O2. The average molecular weight is 370 g/mol. The summed E-state index contributed by atoms with van der Waals surface area (Å²) in [6.45, 7) is 8.26. The van der Waals surface area contributed by atoms with Crippen LogP contribution in [0.15, 0.2) is 42.5 Å². The van der Waals surface area contributed by atoms with E-state index in [2.05, 4.69) is 17.1 Å². The summed E-state index contributed by atoms with van der Waals surface area (Å²) in [5, 5.41) is 13.8. The fourth-order valence-electron chi connectivity index (χ4n) is 3.40. The molecule has 0 saturated carbocycles. The Bertz CT molecular complexity index is 770. The van der Waals surface area contributed by atoms with E-state index in [0.29, 0.717) is 18.7 Å². The Morgan fingerprint density at radius 1 is 1.11 bits per heavy atom. The van der Waals surface area contributed by atoms with Crippen molar-refractivity contribution in [3.63, 3.8) is 0 Å². The number of benzene rings is 2. The second-order valence-electron chi connectivity index (χ2n) is 7.08. The van der Waals surface area contributed by atoms with E-state index in [1.165, 1.54) is 0 Å². The minimum Gasteiger partial charge on any atom is -0.508 e. The number of rotatable bonds is 8. The maximum absolute atomic E-state index is 12.6. The van der Waals surface area contributed by atoms with Crippen LogP contribution in [0, 0.1) is 0 Å². The molecule has 146 valence electrons. The van der Waals surface area contributed by atoms with Crippen LogP contribution in [-0.2, 0) is 0 Å². The number of aromatic hydroxyl groups is 1. The van der Waals surface area contributed by atoms with E-state index in [0.717, 1.165) is 23.5 Å². The molecule has 1 amide bonds. The van der Waals surface area contributed by atoms with Gasteiger partial charge in [-0.2, -0.15) is 0 Å². The van der Waals surface area contributed by atoms with Crippen LogP contribution in [0.1, 0.15) is 42.6 Å². The molecule has 5 heteroatoms. The fraction of sp³-hybridized carbons (Fsp3) is 0.409. The predicted octanol–water partition coefficient (Wildman–Crippen LogP) is 4.28. The molecule has 0 aromatic heterocycles. The molecule has 0 aliphatic rings. The van der Waals surface area contributed by atoms with Crippen LogP contribution in [0.25, 0.3) is 0 Å². The summed E-state index contributed by atoms with van der Waals surface area (Å²) >= 11 is 0. The van der Waals surface area contributed by atoms with E-state index in [1.54, 1.807) is 11.0 Å². The summed E-state index contributed by atoms with van der Waals surface area (Å²) in [5.74, 6) is 0.467. The maximum Gasteiger partial charge on any atom is 0.253 e. The lowest BCUT2D eigenvalue weighted by Crippen LogP contribution is -2.30. The third-order valence-electron chi connectivity index (χ3n) is 4.65. The number of nitrogens with zero attached hydrogens (tertiary/aromatic N) is 2. The molecule has 0 radical (unpaired) electrons. The van der Waals surface area contributed by atoms with Gasteiger partial charge in [0.05, 0.1) is 0 Å². The summed E-state index contributed by atoms with van der Waals surface area (Å²) in [7, 11) is 4.04. The molecule has 1 unspecified atom stereocenters. The van der Waals surface area contributed by atoms with Gasteiger partial charge in [-0.15, -0.1) is 0 Å². The van der Waals surface area contributed by atoms with Crippen LogP contribution in [0.2, 0.25) is 0 Å². The SMILES string of the molecule is CCN(CC)C(=O)c1cccc(Nc2cccc(O)c2C(C)CN(C)C)c1. The molecule has 2 aromatic rings. The second-order valence-corrected chi connectivity index (χ2v) is 7.08. The molecule has 0 saturated heterocycles. The number of hydrogen-bond acceptors (Lipinski definition) is 4. The van der Waals surface area contributed by atoms with Gasteiger partial charge in [-0.25, -0.2) is 0 Å². The first-order valence-corrected chi connectivity index (χ1v) is 9.50. The highest BCUT2D eigenvalue weighted by atomic mass is 16.3. The molecule has 1 atom stereocenters. The number of amides is 1. The highest BCUT2D eigenvalue weighted by molar-refractivity contribution is 5.95. The van der Waals surface area contributed by atoms with Crippen LogP contribution in [0.3, 0.4) is 0 Å². The van der Waals surface area contributed by atoms with Gasteiger partial charge < -0.3 is 20.2 Å². The first-order chi connectivity index (χ1) is 12.9. The van der Waals surface area contributed by atoms with Gasteiger partial charge in [0.25, 0.3) is 5.91 Å². The molecule has 0 aliphatic heterocycles. The number of phenols is 1. The summed E-state index contributed by atoms with van der Waals surface area (Å²) in [6.07, 6.45) is 0. The third kappa shape index (κ3) is 5.23. The first-order valence-electron chi connectivity index (χ1n) is 9.50. The van der Waals surface area contributed by atoms with Crippen molar-refractivity contribution in [2.45, 2.75) is 26.7 Å². The predicted molar refractivity (Wildman–Crippen MR) is 112 cm³/mol. The van der Waals surface area contributed by atoms with E-state index < -0.39 is 0 Å². The van der Waals surface area contributed by atoms with Crippen LogP contribution in [-0.4, -0.2) is 54.5 Å². The number of phenolic OH excluding ortho intramolecular Hbond substituents is 1. The molecule has 2 aromatic carbocycles. The van der Waals surface area contributed by atoms with Crippen molar-refractivity contribution in [3.8, 4) is 5.75 Å². The normalized spacial score (nSPS) is 12.1. The van der Waals surface area contributed by atoms with Gasteiger partial charge in [0.2, 0.25) is 0 Å². The second kappa shape index (κ2) is 9.42. The highest BCUT2D eigenvalue weighted by Gasteiger charge is 2.17. The summed E-state index contributed by atoms with van der Waals surface area (Å²) < 4.78 is 0. The van der Waals surface area contributed by atoms with Crippen molar-refractivity contribution in [2.75, 3.05) is 39.0 Å². The molecule has 5 nitrogen and oxygen atoms in total. The molecule has 0 aliphatic carbocycles. The Kier molecular flexibility index (Phi) is 7.25. The Hall–Kier alpha value is -2.53. The number of anilines is 2. The first kappa shape index (κ1) is 20.8. The molecule has 2 rings (SSSR count). The molecule has 0 fully saturated rings. The van der Waals surface area contributed by atoms with E-state index in [1.807, 2.05) is 64.3 Å². The Morgan fingerprint density at radius 3 is 2.41 bits per heavy atom. The van der Waals surface area contributed by atoms with Gasteiger partial charge in [0.15, 0.2) is 0 Å². The zero-order chi connectivity index (χ0) is 20.0. The van der Waals surface area contributed by atoms with Gasteiger partial charge in [-0.05, 0) is 64.2 Å². The van der Waals surface area contributed by atoms with Gasteiger partial charge in [0, 0.05) is 42.1 Å². The Morgan fingerprint density at radius 2 is 1.78 bits per heavy atom. The lowest BCUT2D eigenvalue weighted by atomic mass is 9.97. The number of likely N-dealkylation sites (N-methyl/N-ethyl adjacent to an activating group) is 1. The summed E-state index contributed by atoms with van der Waals surface area (Å²) in [4.78, 5) is 16.5. The van der Waals surface area contributed by atoms with Crippen LogP contribution in [0.4, 0.5) is 11.4 Å². The van der Waals surface area contributed by atoms with E-state index in [-0.39, 0.29) is 17.6 Å². The van der Waals surface area contributed by atoms with Crippen LogP contribution < -0.4 is 5.32 Å². The van der Waals surface area contributed by atoms with Crippen molar-refractivity contribution in [1.82, 2.24) is 9.80 Å². The largest absolute Gasteiger partial charge is 0.508 e. The molecule has 27 heavy (non-hydrogen) atoms. The maximum atomic E-state index is 12.6.